The number of carbonyl (C=O) groups is 2. The third kappa shape index (κ3) is 2.83. The van der Waals surface area contributed by atoms with Gasteiger partial charge < -0.3 is 15.2 Å². The van der Waals surface area contributed by atoms with Gasteiger partial charge in [0.25, 0.3) is 5.91 Å². The molecule has 1 aromatic carbocycles. The highest BCUT2D eigenvalue weighted by molar-refractivity contribution is 6.26. The summed E-state index contributed by atoms with van der Waals surface area (Å²) in [7, 11) is 1.27. The van der Waals surface area contributed by atoms with Crippen molar-refractivity contribution in [3.63, 3.8) is 0 Å². The van der Waals surface area contributed by atoms with E-state index in [4.69, 9.17) is 10.5 Å². The van der Waals surface area contributed by atoms with E-state index < -0.39 is 24.3 Å². The summed E-state index contributed by atoms with van der Waals surface area (Å²) in [6.45, 7) is -1.51. The molecule has 2 amide bonds. The van der Waals surface area contributed by atoms with Crippen LogP contribution in [0.5, 0.6) is 11.5 Å². The van der Waals surface area contributed by atoms with Gasteiger partial charge in [0.1, 0.15) is 0 Å². The van der Waals surface area contributed by atoms with Gasteiger partial charge in [0.15, 0.2) is 17.4 Å². The number of halogens is 2. The summed E-state index contributed by atoms with van der Waals surface area (Å²) in [5.41, 5.74) is 5.65. The van der Waals surface area contributed by atoms with Gasteiger partial charge in [-0.15, -0.1) is 0 Å². The predicted octanol–water partition coefficient (Wildman–Crippen LogP) is 1.12. The number of hydrogen-bond acceptors (Lipinski definition) is 5. The Labute approximate surface area is 124 Å². The van der Waals surface area contributed by atoms with Crippen LogP contribution in [0.15, 0.2) is 23.3 Å². The first-order valence-electron chi connectivity index (χ1n) is 6.16. The first-order valence-corrected chi connectivity index (χ1v) is 6.16. The van der Waals surface area contributed by atoms with Crippen LogP contribution >= 0.6 is 0 Å². The molecule has 0 bridgehead atoms. The van der Waals surface area contributed by atoms with Crippen LogP contribution < -0.4 is 20.2 Å². The zero-order chi connectivity index (χ0) is 16.4. The molecule has 1 heterocycles. The second kappa shape index (κ2) is 5.96. The van der Waals surface area contributed by atoms with Crippen LogP contribution in [0.25, 0.3) is 0 Å². The maximum absolute atomic E-state index is 12.3. The summed E-state index contributed by atoms with van der Waals surface area (Å²) in [6.07, 6.45) is 0. The van der Waals surface area contributed by atoms with Crippen molar-refractivity contribution in [3.8, 4) is 11.5 Å². The van der Waals surface area contributed by atoms with Crippen LogP contribution in [0.4, 0.5) is 14.5 Å². The third-order valence-electron chi connectivity index (χ3n) is 3.02. The van der Waals surface area contributed by atoms with Gasteiger partial charge in [0.2, 0.25) is 5.91 Å². The monoisotopic (exact) mass is 313 g/mol. The maximum Gasteiger partial charge on any atom is 0.387 e. The molecule has 1 unspecified atom stereocenters. The molecule has 1 aliphatic rings. The van der Waals surface area contributed by atoms with Crippen LogP contribution in [0.2, 0.25) is 0 Å². The lowest BCUT2D eigenvalue weighted by Crippen LogP contribution is -2.36. The predicted molar refractivity (Wildman–Crippen MR) is 72.9 cm³/mol. The van der Waals surface area contributed by atoms with Crippen molar-refractivity contribution in [1.29, 1.82) is 0 Å². The molecule has 0 aliphatic carbocycles. The van der Waals surface area contributed by atoms with Gasteiger partial charge in [-0.25, -0.2) is 0 Å². The second-order valence-corrected chi connectivity index (χ2v) is 4.44. The largest absolute Gasteiger partial charge is 0.493 e. The molecule has 0 saturated heterocycles. The average Bonchev–Trinajstić information content (AvgIpc) is 2.73. The number of nitrogens with two attached hydrogens (primary N) is 1. The Kier molecular flexibility index (Phi) is 4.25. The zero-order valence-corrected chi connectivity index (χ0v) is 11.7. The van der Waals surface area contributed by atoms with E-state index in [9.17, 15) is 18.4 Å². The molecule has 2 N–H and O–H groups in total. The number of hydrogen-bond donors (Lipinski definition) is 1. The van der Waals surface area contributed by atoms with E-state index in [1.54, 1.807) is 0 Å². The topological polar surface area (TPSA) is 94.2 Å². The Morgan fingerprint density at radius 2 is 2.09 bits per heavy atom. The zero-order valence-electron chi connectivity index (χ0n) is 11.7. The van der Waals surface area contributed by atoms with Crippen molar-refractivity contribution in [1.82, 2.24) is 0 Å². The number of amides is 2. The molecule has 9 heteroatoms. The van der Waals surface area contributed by atoms with Gasteiger partial charge in [0.05, 0.1) is 18.5 Å². The standard InChI is InChI=1S/C13H13F2N3O4/c1-6-10(11(16)19)12(20)18(17-6)7-3-4-8(22-13(14)15)9(5-7)21-2/h3-5,10,13H,1-2H3,(H2,16,19). The van der Waals surface area contributed by atoms with Crippen LogP contribution in [0.1, 0.15) is 6.92 Å². The molecule has 1 aliphatic heterocycles. The minimum absolute atomic E-state index is 0.000906. The first kappa shape index (κ1) is 15.7. The van der Waals surface area contributed by atoms with Gasteiger partial charge in [-0.2, -0.15) is 18.9 Å². The Morgan fingerprint density at radius 1 is 1.41 bits per heavy atom. The lowest BCUT2D eigenvalue weighted by Gasteiger charge is -2.16. The molecule has 0 spiro atoms. The molecular weight excluding hydrogens is 300 g/mol. The van der Waals surface area contributed by atoms with Crippen LogP contribution in [0.3, 0.4) is 0 Å². The molecule has 118 valence electrons. The normalized spacial score (nSPS) is 17.7. The highest BCUT2D eigenvalue weighted by Gasteiger charge is 2.38. The molecule has 0 fully saturated rings. The van der Waals surface area contributed by atoms with Crippen molar-refractivity contribution >= 4 is 23.2 Å². The Morgan fingerprint density at radius 3 is 2.59 bits per heavy atom. The first-order chi connectivity index (χ1) is 10.3. The smallest absolute Gasteiger partial charge is 0.387 e. The van der Waals surface area contributed by atoms with E-state index in [1.807, 2.05) is 0 Å². The van der Waals surface area contributed by atoms with Gasteiger partial charge in [0, 0.05) is 6.07 Å². The van der Waals surface area contributed by atoms with Gasteiger partial charge in [-0.05, 0) is 19.1 Å². The Bertz CT molecular complexity index is 648. The number of hydrazone groups is 1. The number of methoxy groups -OCH3 is 1. The van der Waals surface area contributed by atoms with E-state index in [0.717, 1.165) is 5.01 Å². The van der Waals surface area contributed by atoms with E-state index in [0.29, 0.717) is 0 Å². The average molecular weight is 313 g/mol. The summed E-state index contributed by atoms with van der Waals surface area (Å²) in [6, 6.07) is 3.87. The summed E-state index contributed by atoms with van der Waals surface area (Å²) in [5.74, 6) is -2.74. The number of carbonyl (C=O) groups excluding carboxylic acids is 2. The van der Waals surface area contributed by atoms with Crippen molar-refractivity contribution < 1.29 is 27.8 Å². The molecule has 22 heavy (non-hydrogen) atoms. The summed E-state index contributed by atoms with van der Waals surface area (Å²) in [5, 5.41) is 4.94. The summed E-state index contributed by atoms with van der Waals surface area (Å²) >= 11 is 0. The molecule has 2 rings (SSSR count). The molecule has 0 aromatic heterocycles. The molecule has 0 saturated carbocycles. The van der Waals surface area contributed by atoms with E-state index in [-0.39, 0.29) is 22.9 Å². The van der Waals surface area contributed by atoms with Crippen molar-refractivity contribution in [2.75, 3.05) is 12.1 Å². The SMILES string of the molecule is COc1cc(N2N=C(C)C(C(N)=O)C2=O)ccc1OC(F)F. The van der Waals surface area contributed by atoms with Crippen molar-refractivity contribution in [2.24, 2.45) is 16.8 Å². The third-order valence-corrected chi connectivity index (χ3v) is 3.02. The maximum atomic E-state index is 12.3. The number of ether oxygens (including phenoxy) is 2. The molecule has 7 nitrogen and oxygen atoms in total. The Hall–Kier alpha value is -2.71. The van der Waals surface area contributed by atoms with Gasteiger partial charge >= 0.3 is 6.61 Å². The fraction of sp³-hybridized carbons (Fsp3) is 0.308. The quantitative estimate of drug-likeness (QED) is 0.824. The number of benzene rings is 1. The fourth-order valence-electron chi connectivity index (χ4n) is 2.06. The Balaban J connectivity index is 2.34. The lowest BCUT2D eigenvalue weighted by molar-refractivity contribution is -0.128. The molecule has 0 radical (unpaired) electrons. The molecule has 1 aromatic rings. The van der Waals surface area contributed by atoms with E-state index in [1.165, 1.54) is 32.2 Å². The van der Waals surface area contributed by atoms with E-state index >= 15 is 0 Å². The second-order valence-electron chi connectivity index (χ2n) is 4.44. The van der Waals surface area contributed by atoms with Crippen LogP contribution in [-0.2, 0) is 9.59 Å². The van der Waals surface area contributed by atoms with Crippen molar-refractivity contribution in [2.45, 2.75) is 13.5 Å². The van der Waals surface area contributed by atoms with Crippen molar-refractivity contribution in [3.05, 3.63) is 18.2 Å². The summed E-state index contributed by atoms with van der Waals surface area (Å²) < 4.78 is 33.8. The minimum atomic E-state index is -3.01. The minimum Gasteiger partial charge on any atom is -0.493 e. The number of primary amides is 1. The number of rotatable bonds is 5. The van der Waals surface area contributed by atoms with Crippen LogP contribution in [-0.4, -0.2) is 31.2 Å². The molecule has 1 atom stereocenters. The highest BCUT2D eigenvalue weighted by atomic mass is 19.3. The number of nitrogens with zero attached hydrogens (tertiary/aromatic N) is 2. The lowest BCUT2D eigenvalue weighted by atomic mass is 10.0. The van der Waals surface area contributed by atoms with E-state index in [2.05, 4.69) is 9.84 Å². The fourth-order valence-corrected chi connectivity index (χ4v) is 2.06. The number of alkyl halides is 2. The van der Waals surface area contributed by atoms with Gasteiger partial charge in [-0.1, -0.05) is 0 Å². The number of anilines is 1. The van der Waals surface area contributed by atoms with Gasteiger partial charge in [-0.3, -0.25) is 9.59 Å². The van der Waals surface area contributed by atoms with Crippen LogP contribution in [0, 0.1) is 5.92 Å². The summed E-state index contributed by atoms with van der Waals surface area (Å²) in [4.78, 5) is 23.4. The highest BCUT2D eigenvalue weighted by Crippen LogP contribution is 2.34. The molecular formula is C13H13F2N3O4.